The van der Waals surface area contributed by atoms with Crippen molar-refractivity contribution in [1.29, 1.82) is 0 Å². The van der Waals surface area contributed by atoms with Gasteiger partial charge in [0.25, 0.3) is 0 Å². The van der Waals surface area contributed by atoms with E-state index in [0.717, 1.165) is 85.7 Å². The lowest BCUT2D eigenvalue weighted by molar-refractivity contribution is 0.785. The Morgan fingerprint density at radius 2 is 0.512 bits per heavy atom. The van der Waals surface area contributed by atoms with Crippen LogP contribution >= 0.6 is 0 Å². The van der Waals surface area contributed by atoms with E-state index in [2.05, 4.69) is 365 Å². The number of rotatable bonds is 15. The largest absolute Gasteiger partial charge is 0.334 e. The van der Waals surface area contributed by atoms with Gasteiger partial charge in [0.15, 0.2) is 0 Å². The molecule has 1 atom stereocenters. The third-order valence-electron chi connectivity index (χ3n) is 16.1. The van der Waals surface area contributed by atoms with E-state index in [1.807, 2.05) is 0 Å². The van der Waals surface area contributed by atoms with Gasteiger partial charge in [-0.05, 0) is 172 Å². The maximum Gasteiger partial charge on any atom is 0.0559 e. The van der Waals surface area contributed by atoms with Crippen molar-refractivity contribution in [3.8, 4) is 33.4 Å². The first kappa shape index (κ1) is 51.2. The molecule has 0 fully saturated rings. The summed E-state index contributed by atoms with van der Waals surface area (Å²) in [5.41, 5.74) is 19.3. The van der Waals surface area contributed by atoms with Crippen molar-refractivity contribution in [2.45, 2.75) is 12.5 Å². The maximum absolute atomic E-state index is 2.46. The molecule has 400 valence electrons. The van der Waals surface area contributed by atoms with Gasteiger partial charge in [-0.25, -0.2) is 0 Å². The fourth-order valence-corrected chi connectivity index (χ4v) is 12.0. The van der Waals surface area contributed by atoms with Crippen LogP contribution in [0.25, 0.3) is 54.9 Å². The molecule has 0 amide bonds. The molecular weight excluding hydrogens is 1020 g/mol. The van der Waals surface area contributed by atoms with Crippen molar-refractivity contribution in [3.63, 3.8) is 0 Å². The summed E-state index contributed by atoms with van der Waals surface area (Å²) in [5, 5.41) is 4.87. The Kier molecular flexibility index (Phi) is 14.2. The zero-order valence-electron chi connectivity index (χ0n) is 46.5. The van der Waals surface area contributed by atoms with Crippen molar-refractivity contribution in [3.05, 3.63) is 346 Å². The third kappa shape index (κ3) is 10.4. The molecule has 4 heteroatoms. The Morgan fingerprint density at radius 3 is 0.857 bits per heavy atom. The highest BCUT2D eigenvalue weighted by Crippen LogP contribution is 2.43. The van der Waals surface area contributed by atoms with E-state index in [9.17, 15) is 0 Å². The highest BCUT2D eigenvalue weighted by Gasteiger charge is 2.22. The zero-order chi connectivity index (χ0) is 56.0. The quantitative estimate of drug-likeness (QED) is 0.101. The van der Waals surface area contributed by atoms with Gasteiger partial charge in [-0.3, -0.25) is 0 Å². The number of para-hydroxylation sites is 3. The van der Waals surface area contributed by atoms with Gasteiger partial charge in [-0.1, -0.05) is 224 Å². The summed E-state index contributed by atoms with van der Waals surface area (Å²) in [6.45, 7) is 0. The van der Waals surface area contributed by atoms with Crippen LogP contribution in [0.3, 0.4) is 0 Å². The van der Waals surface area contributed by atoms with Gasteiger partial charge in [-0.15, -0.1) is 0 Å². The molecule has 84 heavy (non-hydrogen) atoms. The summed E-state index contributed by atoms with van der Waals surface area (Å²) < 4.78 is 0. The molecule has 1 aliphatic rings. The molecule has 0 heterocycles. The summed E-state index contributed by atoms with van der Waals surface area (Å²) in [5.74, 6) is 0. The molecule has 0 N–H and O–H groups in total. The number of allylic oxidation sites excluding steroid dienone is 2. The average molecular weight is 1080 g/mol. The highest BCUT2D eigenvalue weighted by molar-refractivity contribution is 6.00. The van der Waals surface area contributed by atoms with Gasteiger partial charge in [0.05, 0.1) is 17.4 Å². The Balaban J connectivity index is 0.699. The Morgan fingerprint density at radius 1 is 0.226 bits per heavy atom. The summed E-state index contributed by atoms with van der Waals surface area (Å²) in [4.78, 5) is 9.50. The Bertz CT molecular complexity index is 4400. The monoisotopic (exact) mass is 1080 g/mol. The summed E-state index contributed by atoms with van der Waals surface area (Å²) in [7, 11) is 0. The van der Waals surface area contributed by atoms with Gasteiger partial charge in [-0.2, -0.15) is 0 Å². The van der Waals surface area contributed by atoms with Gasteiger partial charge >= 0.3 is 0 Å². The molecule has 13 aromatic rings. The first-order chi connectivity index (χ1) is 41.7. The Labute approximate surface area is 492 Å². The van der Waals surface area contributed by atoms with Crippen molar-refractivity contribution in [2.24, 2.45) is 0 Å². The molecule has 0 aromatic heterocycles. The minimum absolute atomic E-state index is 0.180. The van der Waals surface area contributed by atoms with Crippen LogP contribution in [-0.2, 0) is 0 Å². The van der Waals surface area contributed by atoms with Crippen LogP contribution in [0.15, 0.2) is 346 Å². The molecule has 0 saturated carbocycles. The van der Waals surface area contributed by atoms with Crippen LogP contribution in [0.5, 0.6) is 0 Å². The highest BCUT2D eigenvalue weighted by atomic mass is 15.2. The lowest BCUT2D eigenvalue weighted by Gasteiger charge is -2.33. The van der Waals surface area contributed by atoms with E-state index < -0.39 is 0 Å². The minimum atomic E-state index is 0.180. The summed E-state index contributed by atoms with van der Waals surface area (Å²) in [6.07, 6.45) is 9.82. The van der Waals surface area contributed by atoms with E-state index in [1.165, 1.54) is 38.2 Å². The molecular formula is C80H60N4. The van der Waals surface area contributed by atoms with E-state index in [1.54, 1.807) is 0 Å². The first-order valence-electron chi connectivity index (χ1n) is 28.9. The van der Waals surface area contributed by atoms with Crippen LogP contribution in [0.4, 0.5) is 62.6 Å². The molecule has 0 aliphatic heterocycles. The van der Waals surface area contributed by atoms with Crippen LogP contribution < -0.4 is 19.6 Å². The maximum atomic E-state index is 2.46. The molecule has 13 aromatic carbocycles. The van der Waals surface area contributed by atoms with E-state index in [0.29, 0.717) is 0 Å². The molecule has 1 aliphatic carbocycles. The second-order valence-corrected chi connectivity index (χ2v) is 21.3. The third-order valence-corrected chi connectivity index (χ3v) is 16.1. The smallest absolute Gasteiger partial charge is 0.0559 e. The molecule has 14 rings (SSSR count). The van der Waals surface area contributed by atoms with Crippen LogP contribution in [0, 0.1) is 0 Å². The fourth-order valence-electron chi connectivity index (χ4n) is 12.0. The van der Waals surface area contributed by atoms with Gasteiger partial charge in [0.2, 0.25) is 0 Å². The van der Waals surface area contributed by atoms with Crippen molar-refractivity contribution >= 4 is 84.1 Å². The van der Waals surface area contributed by atoms with Gasteiger partial charge in [0, 0.05) is 62.0 Å². The Hall–Kier alpha value is -10.9. The molecule has 0 spiro atoms. The van der Waals surface area contributed by atoms with Crippen molar-refractivity contribution in [1.82, 2.24) is 0 Å². The second-order valence-electron chi connectivity index (χ2n) is 21.3. The van der Waals surface area contributed by atoms with Crippen LogP contribution in [0.1, 0.15) is 6.42 Å². The van der Waals surface area contributed by atoms with Gasteiger partial charge in [0.1, 0.15) is 0 Å². The summed E-state index contributed by atoms with van der Waals surface area (Å²) >= 11 is 0. The molecule has 0 radical (unpaired) electrons. The predicted molar refractivity (Wildman–Crippen MR) is 357 cm³/mol. The van der Waals surface area contributed by atoms with Gasteiger partial charge < -0.3 is 19.6 Å². The SMILES string of the molecule is C1=CCC(N(c2ccc(-c3ccc(N(c4ccccc4)c4ccc(-c5ccc(N(c6ccccc6)c6cccc7ccccc67)cc5)cc4)cc3)cc2)c2ccc(-c3ccc(N(c4ccccc4)c4cccc5ccccc45)cc3)cc2)C=C1. The normalized spacial score (nSPS) is 12.7. The zero-order valence-corrected chi connectivity index (χ0v) is 46.5. The molecule has 4 nitrogen and oxygen atoms in total. The first-order valence-corrected chi connectivity index (χ1v) is 28.9. The topological polar surface area (TPSA) is 13.0 Å². The molecule has 0 bridgehead atoms. The van der Waals surface area contributed by atoms with E-state index >= 15 is 0 Å². The van der Waals surface area contributed by atoms with E-state index in [4.69, 9.17) is 0 Å². The van der Waals surface area contributed by atoms with Crippen molar-refractivity contribution in [2.75, 3.05) is 19.6 Å². The summed E-state index contributed by atoms with van der Waals surface area (Å²) in [6, 6.07) is 116. The minimum Gasteiger partial charge on any atom is -0.334 e. The number of nitrogens with zero attached hydrogens (tertiary/aromatic N) is 4. The molecule has 1 unspecified atom stereocenters. The lowest BCUT2D eigenvalue weighted by Crippen LogP contribution is -2.29. The number of hydrogen-bond donors (Lipinski definition) is 0. The number of benzene rings is 13. The standard InChI is InChI=1S/C80H60N4/c1-5-23-67(24-6-1)81(73-51-39-61(40-52-73)63-43-55-75(56-44-63)83(69-27-9-3-10-28-69)79-33-17-21-65-19-13-15-31-77(65)79)71-47-35-59(36-48-71)60-37-49-72(50-38-60)82(68-25-7-2-8-26-68)74-53-41-62(42-54-74)64-45-57-76(58-46-64)84(70-29-11-4-12-30-70)80-34-18-22-66-20-14-16-32-78(66)80/h1-25,27-58,68H,26H2. The van der Waals surface area contributed by atoms with Crippen LogP contribution in [0.2, 0.25) is 0 Å². The predicted octanol–water partition coefficient (Wildman–Crippen LogP) is 22.4. The van der Waals surface area contributed by atoms with Crippen molar-refractivity contribution < 1.29 is 0 Å². The fraction of sp³-hybridized carbons (Fsp3) is 0.0250. The number of hydrogen-bond acceptors (Lipinski definition) is 4. The van der Waals surface area contributed by atoms with E-state index in [-0.39, 0.29) is 6.04 Å². The van der Waals surface area contributed by atoms with Crippen LogP contribution in [-0.4, -0.2) is 6.04 Å². The number of anilines is 11. The average Bonchev–Trinajstić information content (AvgIpc) is 3.14. The lowest BCUT2D eigenvalue weighted by atomic mass is 10.0. The number of fused-ring (bicyclic) bond motifs is 2. The molecule has 0 saturated heterocycles. The second kappa shape index (κ2) is 23.3.